The molecule has 8 heteroatoms. The Morgan fingerprint density at radius 3 is 2.24 bits per heavy atom. The lowest BCUT2D eigenvalue weighted by atomic mass is 9.93. The van der Waals surface area contributed by atoms with Crippen LogP contribution in [0.4, 0.5) is 4.79 Å². The maximum atomic E-state index is 11.6. The fourth-order valence-electron chi connectivity index (χ4n) is 2.87. The monoisotopic (exact) mass is 421 g/mol. The zero-order valence-corrected chi connectivity index (χ0v) is 18.8. The molecule has 1 heterocycles. The first-order valence-electron chi connectivity index (χ1n) is 9.73. The molecule has 0 aliphatic carbocycles. The molecule has 1 amide bonds. The topological polar surface area (TPSA) is 96.3 Å². The second-order valence-electron chi connectivity index (χ2n) is 8.70. The van der Waals surface area contributed by atoms with Crippen molar-refractivity contribution in [1.82, 2.24) is 4.90 Å². The van der Waals surface area contributed by atoms with E-state index in [1.54, 1.807) is 12.1 Å². The van der Waals surface area contributed by atoms with Crippen LogP contribution >= 0.6 is 0 Å². The number of rotatable bonds is 7. The summed E-state index contributed by atoms with van der Waals surface area (Å²) in [5.41, 5.74) is 1.57. The van der Waals surface area contributed by atoms with Gasteiger partial charge in [0, 0.05) is 6.54 Å². The van der Waals surface area contributed by atoms with Crippen molar-refractivity contribution >= 4 is 26.0 Å². The largest absolute Gasteiger partial charge is 0.491 e. The van der Waals surface area contributed by atoms with Crippen molar-refractivity contribution in [1.29, 1.82) is 0 Å². The Morgan fingerprint density at radius 2 is 1.72 bits per heavy atom. The average Bonchev–Trinajstić information content (AvgIpc) is 2.64. The second-order valence-corrected chi connectivity index (χ2v) is 13.5. The molecule has 160 valence electrons. The third-order valence-electron chi connectivity index (χ3n) is 5.70. The van der Waals surface area contributed by atoms with Crippen molar-refractivity contribution in [2.24, 2.45) is 0 Å². The van der Waals surface area contributed by atoms with Gasteiger partial charge in [-0.3, -0.25) is 0 Å². The van der Waals surface area contributed by atoms with Crippen molar-refractivity contribution < 1.29 is 29.0 Å². The number of ether oxygens (including phenoxy) is 1. The fourth-order valence-corrected chi connectivity index (χ4v) is 3.89. The van der Waals surface area contributed by atoms with Crippen LogP contribution in [0.5, 0.6) is 5.75 Å². The molecule has 0 fully saturated rings. The van der Waals surface area contributed by atoms with Gasteiger partial charge in [-0.25, -0.2) is 9.59 Å². The lowest BCUT2D eigenvalue weighted by molar-refractivity contribution is -0.132. The quantitative estimate of drug-likeness (QED) is 0.503. The van der Waals surface area contributed by atoms with Crippen LogP contribution in [-0.2, 0) is 9.22 Å². The molecule has 0 radical (unpaired) electrons. The van der Waals surface area contributed by atoms with Crippen molar-refractivity contribution in [2.45, 2.75) is 45.3 Å². The van der Waals surface area contributed by atoms with Crippen LogP contribution in [-0.4, -0.2) is 61.8 Å². The van der Waals surface area contributed by atoms with Gasteiger partial charge in [0.15, 0.2) is 8.32 Å². The number of hydrogen-bond acceptors (Lipinski definition) is 4. The summed E-state index contributed by atoms with van der Waals surface area (Å²) >= 11 is 0. The van der Waals surface area contributed by atoms with Crippen molar-refractivity contribution in [3.05, 3.63) is 35.4 Å². The third kappa shape index (κ3) is 5.83. The smallest absolute Gasteiger partial charge is 0.407 e. The number of aliphatic carboxylic acids is 1. The van der Waals surface area contributed by atoms with E-state index in [-0.39, 0.29) is 23.7 Å². The SMILES string of the molecule is CC(C)(C)[Si](C)(C)OCCOc1ccc(C2=C(C(=O)O)CN(C(=O)O)CC2)cc1. The predicted molar refractivity (Wildman–Crippen MR) is 114 cm³/mol. The van der Waals surface area contributed by atoms with Crippen LogP contribution in [0.2, 0.25) is 18.1 Å². The number of carboxylic acids is 1. The van der Waals surface area contributed by atoms with E-state index < -0.39 is 20.4 Å². The molecular formula is C21H31NO6Si. The summed E-state index contributed by atoms with van der Waals surface area (Å²) < 4.78 is 11.9. The summed E-state index contributed by atoms with van der Waals surface area (Å²) in [7, 11) is -1.79. The lowest BCUT2D eigenvalue weighted by Crippen LogP contribution is -2.41. The van der Waals surface area contributed by atoms with Gasteiger partial charge < -0.3 is 24.3 Å². The van der Waals surface area contributed by atoms with E-state index in [1.165, 1.54) is 0 Å². The molecular weight excluding hydrogens is 390 g/mol. The van der Waals surface area contributed by atoms with Gasteiger partial charge in [-0.1, -0.05) is 32.9 Å². The van der Waals surface area contributed by atoms with Crippen molar-refractivity contribution in [2.75, 3.05) is 26.3 Å². The highest BCUT2D eigenvalue weighted by Gasteiger charge is 2.36. The normalized spacial score (nSPS) is 15.4. The number of nitrogens with zero attached hydrogens (tertiary/aromatic N) is 1. The molecule has 0 saturated carbocycles. The molecule has 2 N–H and O–H groups in total. The van der Waals surface area contributed by atoms with Gasteiger partial charge in [-0.05, 0) is 47.8 Å². The fraction of sp³-hybridized carbons (Fsp3) is 0.524. The van der Waals surface area contributed by atoms with Gasteiger partial charge in [-0.2, -0.15) is 0 Å². The minimum Gasteiger partial charge on any atom is -0.491 e. The van der Waals surface area contributed by atoms with E-state index in [9.17, 15) is 14.7 Å². The van der Waals surface area contributed by atoms with Crippen molar-refractivity contribution in [3.8, 4) is 5.75 Å². The molecule has 0 saturated heterocycles. The molecule has 0 unspecified atom stereocenters. The van der Waals surface area contributed by atoms with Crippen LogP contribution < -0.4 is 4.74 Å². The summed E-state index contributed by atoms with van der Waals surface area (Å²) in [4.78, 5) is 23.8. The minimum absolute atomic E-state index is 0.108. The molecule has 0 spiro atoms. The number of amides is 1. The number of carbonyl (C=O) groups is 2. The molecule has 1 aliphatic heterocycles. The van der Waals surface area contributed by atoms with Gasteiger partial charge in [0.2, 0.25) is 0 Å². The molecule has 1 aromatic carbocycles. The lowest BCUT2D eigenvalue weighted by Gasteiger charge is -2.36. The van der Waals surface area contributed by atoms with E-state index in [0.717, 1.165) is 10.5 Å². The molecule has 2 rings (SSSR count). The summed E-state index contributed by atoms with van der Waals surface area (Å²) in [5, 5.41) is 18.7. The molecule has 0 atom stereocenters. The maximum Gasteiger partial charge on any atom is 0.407 e. The Labute approximate surface area is 173 Å². The van der Waals surface area contributed by atoms with Gasteiger partial charge >= 0.3 is 12.1 Å². The molecule has 0 bridgehead atoms. The minimum atomic E-state index is -1.79. The average molecular weight is 422 g/mol. The van der Waals surface area contributed by atoms with Crippen LogP contribution in [0.1, 0.15) is 32.8 Å². The highest BCUT2D eigenvalue weighted by Crippen LogP contribution is 2.36. The molecule has 0 aromatic heterocycles. The van der Waals surface area contributed by atoms with E-state index in [4.69, 9.17) is 14.3 Å². The van der Waals surface area contributed by atoms with E-state index in [0.29, 0.717) is 31.0 Å². The summed E-state index contributed by atoms with van der Waals surface area (Å²) in [6.45, 7) is 12.1. The molecule has 1 aromatic rings. The molecule has 29 heavy (non-hydrogen) atoms. The predicted octanol–water partition coefficient (Wildman–Crippen LogP) is 4.31. The van der Waals surface area contributed by atoms with E-state index in [2.05, 4.69) is 33.9 Å². The van der Waals surface area contributed by atoms with Crippen LogP contribution in [0.15, 0.2) is 29.8 Å². The van der Waals surface area contributed by atoms with Crippen LogP contribution in [0.25, 0.3) is 5.57 Å². The molecule has 7 nitrogen and oxygen atoms in total. The Balaban J connectivity index is 2.00. The summed E-state index contributed by atoms with van der Waals surface area (Å²) in [6, 6.07) is 7.24. The highest BCUT2D eigenvalue weighted by atomic mass is 28.4. The van der Waals surface area contributed by atoms with E-state index >= 15 is 0 Å². The van der Waals surface area contributed by atoms with Crippen molar-refractivity contribution in [3.63, 3.8) is 0 Å². The number of hydrogen-bond donors (Lipinski definition) is 2. The summed E-state index contributed by atoms with van der Waals surface area (Å²) in [5.74, 6) is -0.401. The Kier molecular flexibility index (Phi) is 7.13. The van der Waals surface area contributed by atoms with Gasteiger partial charge in [0.05, 0.1) is 18.7 Å². The van der Waals surface area contributed by atoms with Gasteiger partial charge in [0.25, 0.3) is 0 Å². The third-order valence-corrected chi connectivity index (χ3v) is 10.2. The standard InChI is InChI=1S/C21H31NO6Si/c1-21(2,3)29(4,5)28-13-12-27-16-8-6-15(7-9-16)17-10-11-22(20(25)26)14-18(17)19(23)24/h6-9H,10-14H2,1-5H3,(H,23,24)(H,25,26). The Hall–Kier alpha value is -2.32. The van der Waals surface area contributed by atoms with Gasteiger partial charge in [0.1, 0.15) is 12.4 Å². The zero-order chi connectivity index (χ0) is 21.8. The first-order chi connectivity index (χ1) is 13.4. The number of benzene rings is 1. The maximum absolute atomic E-state index is 11.6. The number of carboxylic acid groups (broad SMARTS) is 2. The first kappa shape index (κ1) is 23.0. The second kappa shape index (κ2) is 9.00. The highest BCUT2D eigenvalue weighted by molar-refractivity contribution is 6.74. The summed E-state index contributed by atoms with van der Waals surface area (Å²) in [6.07, 6.45) is -0.736. The first-order valence-corrected chi connectivity index (χ1v) is 12.6. The van der Waals surface area contributed by atoms with E-state index in [1.807, 2.05) is 12.1 Å². The Morgan fingerprint density at radius 1 is 1.10 bits per heavy atom. The Bertz CT molecular complexity index is 779. The van der Waals surface area contributed by atoms with Crippen LogP contribution in [0, 0.1) is 0 Å². The van der Waals surface area contributed by atoms with Crippen LogP contribution in [0.3, 0.4) is 0 Å². The zero-order valence-electron chi connectivity index (χ0n) is 17.8. The molecule has 1 aliphatic rings. The van der Waals surface area contributed by atoms with Gasteiger partial charge in [-0.15, -0.1) is 0 Å².